The predicted octanol–water partition coefficient (Wildman–Crippen LogP) is -1.03. The second-order valence-corrected chi connectivity index (χ2v) is 3.07. The van der Waals surface area contributed by atoms with E-state index in [1.807, 2.05) is 0 Å². The van der Waals surface area contributed by atoms with Crippen LogP contribution in [0.2, 0.25) is 0 Å². The van der Waals surface area contributed by atoms with Gasteiger partial charge in [0, 0.05) is 6.42 Å². The van der Waals surface area contributed by atoms with Crippen LogP contribution in [-0.2, 0) is 4.79 Å². The van der Waals surface area contributed by atoms with Gasteiger partial charge in [-0.05, 0) is 0 Å². The highest BCUT2D eigenvalue weighted by molar-refractivity contribution is 5.77. The standard InChI is InChI=1S/C6H10F2N4O2/c7-6(11-5(9)10)1-3(4(13)14)12(8)2-6/h3H,1-2H2,(H,13,14)(H4,9,10,11)/t3-,6?/m0/s1. The first kappa shape index (κ1) is 10.6. The minimum absolute atomic E-state index is 0.130. The molecule has 1 rings (SSSR count). The predicted molar refractivity (Wildman–Crippen MR) is 43.5 cm³/mol. The second-order valence-electron chi connectivity index (χ2n) is 3.07. The minimum Gasteiger partial charge on any atom is -0.480 e. The average molecular weight is 208 g/mol. The van der Waals surface area contributed by atoms with E-state index in [2.05, 4.69) is 4.99 Å². The fourth-order valence-electron chi connectivity index (χ4n) is 1.32. The number of carboxylic acids is 1. The van der Waals surface area contributed by atoms with E-state index in [0.29, 0.717) is 0 Å². The number of guanidine groups is 1. The third-order valence-electron chi connectivity index (χ3n) is 1.85. The molecule has 1 unspecified atom stereocenters. The molecule has 0 aliphatic carbocycles. The van der Waals surface area contributed by atoms with Gasteiger partial charge in [0.25, 0.3) is 0 Å². The molecule has 0 radical (unpaired) electrons. The van der Waals surface area contributed by atoms with Crippen LogP contribution in [0.3, 0.4) is 0 Å². The van der Waals surface area contributed by atoms with E-state index in [4.69, 9.17) is 16.6 Å². The monoisotopic (exact) mass is 208 g/mol. The van der Waals surface area contributed by atoms with Crippen LogP contribution in [0.1, 0.15) is 6.42 Å². The van der Waals surface area contributed by atoms with Crippen LogP contribution >= 0.6 is 0 Å². The molecule has 0 aromatic rings. The Kier molecular flexibility index (Phi) is 2.56. The number of rotatable bonds is 2. The van der Waals surface area contributed by atoms with Crippen LogP contribution in [-0.4, -0.2) is 40.5 Å². The number of aliphatic imine (C=N–C) groups is 1. The van der Waals surface area contributed by atoms with Crippen LogP contribution in [0.15, 0.2) is 4.99 Å². The van der Waals surface area contributed by atoms with Crippen molar-refractivity contribution in [2.75, 3.05) is 6.54 Å². The van der Waals surface area contributed by atoms with Crippen molar-refractivity contribution in [3.8, 4) is 0 Å². The molecule has 0 amide bonds. The molecule has 14 heavy (non-hydrogen) atoms. The number of nitrogens with two attached hydrogens (primary N) is 2. The molecule has 80 valence electrons. The Labute approximate surface area is 78.1 Å². The lowest BCUT2D eigenvalue weighted by Crippen LogP contribution is -2.31. The average Bonchev–Trinajstić information content (AvgIpc) is 2.24. The number of carboxylic acid groups (broad SMARTS) is 1. The van der Waals surface area contributed by atoms with Gasteiger partial charge in [0.15, 0.2) is 5.96 Å². The molecular weight excluding hydrogens is 198 g/mol. The normalized spacial score (nSPS) is 32.9. The van der Waals surface area contributed by atoms with E-state index in [0.717, 1.165) is 0 Å². The highest BCUT2D eigenvalue weighted by atomic mass is 19.2. The fraction of sp³-hybridized carbons (Fsp3) is 0.667. The molecule has 0 bridgehead atoms. The highest BCUT2D eigenvalue weighted by Crippen LogP contribution is 2.32. The van der Waals surface area contributed by atoms with Crippen LogP contribution in [0.5, 0.6) is 0 Å². The molecule has 1 aliphatic rings. The summed E-state index contributed by atoms with van der Waals surface area (Å²) in [6, 6.07) is -1.54. The van der Waals surface area contributed by atoms with Gasteiger partial charge < -0.3 is 16.6 Å². The summed E-state index contributed by atoms with van der Waals surface area (Å²) in [6.07, 6.45) is -0.600. The maximum Gasteiger partial charge on any atom is 0.323 e. The number of halogens is 2. The van der Waals surface area contributed by atoms with Gasteiger partial charge in [-0.1, -0.05) is 0 Å². The molecule has 0 aromatic heterocycles. The van der Waals surface area contributed by atoms with E-state index in [1.165, 1.54) is 0 Å². The third-order valence-corrected chi connectivity index (χ3v) is 1.85. The van der Waals surface area contributed by atoms with Crippen molar-refractivity contribution in [1.29, 1.82) is 0 Å². The van der Waals surface area contributed by atoms with Crippen molar-refractivity contribution in [1.82, 2.24) is 5.12 Å². The Balaban J connectivity index is 2.80. The lowest BCUT2D eigenvalue weighted by molar-refractivity contribution is -0.148. The van der Waals surface area contributed by atoms with Crippen LogP contribution in [0.25, 0.3) is 0 Å². The lowest BCUT2D eigenvalue weighted by Gasteiger charge is -2.11. The van der Waals surface area contributed by atoms with Gasteiger partial charge in [-0.15, -0.1) is 9.60 Å². The quantitative estimate of drug-likeness (QED) is 0.233. The Morgan fingerprint density at radius 2 is 2.21 bits per heavy atom. The van der Waals surface area contributed by atoms with E-state index in [1.54, 1.807) is 0 Å². The lowest BCUT2D eigenvalue weighted by atomic mass is 10.1. The highest BCUT2D eigenvalue weighted by Gasteiger charge is 2.48. The summed E-state index contributed by atoms with van der Waals surface area (Å²) in [6.45, 7) is -0.776. The largest absolute Gasteiger partial charge is 0.480 e. The molecule has 1 fully saturated rings. The van der Waals surface area contributed by atoms with Gasteiger partial charge in [-0.2, -0.15) is 0 Å². The van der Waals surface area contributed by atoms with Crippen LogP contribution < -0.4 is 11.5 Å². The van der Waals surface area contributed by atoms with E-state index < -0.39 is 36.7 Å². The number of nitrogens with zero attached hydrogens (tertiary/aromatic N) is 2. The van der Waals surface area contributed by atoms with Gasteiger partial charge in [0.05, 0.1) is 6.54 Å². The molecule has 0 spiro atoms. The summed E-state index contributed by atoms with van der Waals surface area (Å²) in [7, 11) is 0. The molecule has 8 heteroatoms. The van der Waals surface area contributed by atoms with E-state index in [-0.39, 0.29) is 5.12 Å². The van der Waals surface area contributed by atoms with Crippen molar-refractivity contribution in [2.45, 2.75) is 18.3 Å². The van der Waals surface area contributed by atoms with Gasteiger partial charge in [0.1, 0.15) is 6.04 Å². The Morgan fingerprint density at radius 3 is 2.57 bits per heavy atom. The fourth-order valence-corrected chi connectivity index (χ4v) is 1.32. The van der Waals surface area contributed by atoms with Crippen molar-refractivity contribution >= 4 is 11.9 Å². The number of alkyl halides is 1. The maximum atomic E-state index is 13.5. The summed E-state index contributed by atoms with van der Waals surface area (Å²) in [5.41, 5.74) is 9.85. The minimum atomic E-state index is -2.35. The molecular formula is C6H10F2N4O2. The summed E-state index contributed by atoms with van der Waals surface area (Å²) in [5, 5.41) is 8.36. The zero-order valence-corrected chi connectivity index (χ0v) is 7.15. The number of carbonyl (C=O) groups is 1. The summed E-state index contributed by atoms with van der Waals surface area (Å²) in [5.74, 6) is -4.33. The summed E-state index contributed by atoms with van der Waals surface area (Å²) in [4.78, 5) is 13.6. The van der Waals surface area contributed by atoms with Crippen molar-refractivity contribution in [3.05, 3.63) is 0 Å². The molecule has 1 saturated heterocycles. The Hall–Kier alpha value is -1.44. The third kappa shape index (κ3) is 2.08. The smallest absolute Gasteiger partial charge is 0.323 e. The van der Waals surface area contributed by atoms with Crippen molar-refractivity contribution in [3.63, 3.8) is 0 Å². The Bertz CT molecular complexity index is 281. The molecule has 0 aromatic carbocycles. The first-order chi connectivity index (χ1) is 6.34. The first-order valence-corrected chi connectivity index (χ1v) is 3.79. The zero-order valence-electron chi connectivity index (χ0n) is 7.15. The summed E-state index contributed by atoms with van der Waals surface area (Å²) >= 11 is 0. The van der Waals surface area contributed by atoms with Crippen LogP contribution in [0.4, 0.5) is 8.87 Å². The van der Waals surface area contributed by atoms with Gasteiger partial charge in [0.2, 0.25) is 5.79 Å². The van der Waals surface area contributed by atoms with E-state index in [9.17, 15) is 13.7 Å². The van der Waals surface area contributed by atoms with Gasteiger partial charge in [-0.3, -0.25) is 4.79 Å². The van der Waals surface area contributed by atoms with E-state index >= 15 is 0 Å². The molecule has 2 atom stereocenters. The number of hydrogen-bond donors (Lipinski definition) is 3. The molecule has 1 aliphatic heterocycles. The van der Waals surface area contributed by atoms with Crippen molar-refractivity contribution < 1.29 is 18.8 Å². The Morgan fingerprint density at radius 1 is 1.64 bits per heavy atom. The van der Waals surface area contributed by atoms with Gasteiger partial charge >= 0.3 is 5.97 Å². The summed E-state index contributed by atoms with van der Waals surface area (Å²) < 4.78 is 26.4. The number of hydrogen-bond acceptors (Lipinski definition) is 3. The zero-order chi connectivity index (χ0) is 10.9. The first-order valence-electron chi connectivity index (χ1n) is 3.79. The topological polar surface area (TPSA) is 105 Å². The number of aliphatic carboxylic acids is 1. The molecule has 5 N–H and O–H groups in total. The molecule has 0 saturated carbocycles. The second kappa shape index (κ2) is 3.37. The molecule has 6 nitrogen and oxygen atoms in total. The molecule has 1 heterocycles. The van der Waals surface area contributed by atoms with Crippen LogP contribution in [0, 0.1) is 0 Å². The van der Waals surface area contributed by atoms with Crippen molar-refractivity contribution in [2.24, 2.45) is 16.5 Å². The SMILES string of the molecule is NC(N)=NC1(F)C[C@@H](C(=O)O)N(F)C1. The van der Waals surface area contributed by atoms with Gasteiger partial charge in [-0.25, -0.2) is 9.38 Å². The maximum absolute atomic E-state index is 13.5.